The Labute approximate surface area is 112 Å². The number of hydrogen-bond donors (Lipinski definition) is 1. The molecule has 0 spiro atoms. The molecule has 18 heavy (non-hydrogen) atoms. The first-order valence-electron chi connectivity index (χ1n) is 5.52. The zero-order valence-electron chi connectivity index (χ0n) is 9.71. The molecule has 0 unspecified atom stereocenters. The van der Waals surface area contributed by atoms with Crippen molar-refractivity contribution in [1.82, 2.24) is 10.1 Å². The SMILES string of the molecule is CCc1cc(-c2nc(-c3ccsc3)no2)c(N)s1. The molecule has 2 N–H and O–H groups in total. The van der Waals surface area contributed by atoms with Crippen molar-refractivity contribution in [3.8, 4) is 22.8 Å². The van der Waals surface area contributed by atoms with Crippen molar-refractivity contribution in [3.05, 3.63) is 27.8 Å². The lowest BCUT2D eigenvalue weighted by molar-refractivity contribution is 0.432. The first kappa shape index (κ1) is 11.4. The minimum absolute atomic E-state index is 0.490. The van der Waals surface area contributed by atoms with Crippen LogP contribution in [0.15, 0.2) is 27.4 Å². The number of aryl methyl sites for hydroxylation is 1. The van der Waals surface area contributed by atoms with E-state index in [2.05, 4.69) is 17.1 Å². The molecule has 0 aromatic carbocycles. The van der Waals surface area contributed by atoms with Crippen molar-refractivity contribution in [1.29, 1.82) is 0 Å². The van der Waals surface area contributed by atoms with Gasteiger partial charge in [0.25, 0.3) is 5.89 Å². The average molecular weight is 277 g/mol. The van der Waals surface area contributed by atoms with Crippen molar-refractivity contribution in [3.63, 3.8) is 0 Å². The van der Waals surface area contributed by atoms with Crippen LogP contribution in [0.1, 0.15) is 11.8 Å². The van der Waals surface area contributed by atoms with Crippen LogP contribution in [0, 0.1) is 0 Å². The smallest absolute Gasteiger partial charge is 0.261 e. The van der Waals surface area contributed by atoms with E-state index in [9.17, 15) is 0 Å². The fourth-order valence-electron chi connectivity index (χ4n) is 1.64. The van der Waals surface area contributed by atoms with Gasteiger partial charge in [-0.05, 0) is 23.9 Å². The molecule has 0 fully saturated rings. The predicted octanol–water partition coefficient (Wildman–Crippen LogP) is 3.67. The third-order valence-electron chi connectivity index (χ3n) is 2.60. The van der Waals surface area contributed by atoms with Gasteiger partial charge in [-0.25, -0.2) is 0 Å². The van der Waals surface area contributed by atoms with Gasteiger partial charge < -0.3 is 10.3 Å². The summed E-state index contributed by atoms with van der Waals surface area (Å²) in [6.07, 6.45) is 0.959. The third kappa shape index (κ3) is 1.93. The van der Waals surface area contributed by atoms with Gasteiger partial charge in [0, 0.05) is 15.8 Å². The fraction of sp³-hybridized carbons (Fsp3) is 0.167. The van der Waals surface area contributed by atoms with E-state index in [0.29, 0.717) is 11.7 Å². The Bertz CT molecular complexity index is 655. The molecule has 92 valence electrons. The number of aromatic nitrogens is 2. The highest BCUT2D eigenvalue weighted by Crippen LogP contribution is 2.34. The molecule has 3 rings (SSSR count). The van der Waals surface area contributed by atoms with Crippen molar-refractivity contribution >= 4 is 27.7 Å². The van der Waals surface area contributed by atoms with Crippen molar-refractivity contribution in [2.24, 2.45) is 0 Å². The minimum Gasteiger partial charge on any atom is -0.390 e. The Morgan fingerprint density at radius 3 is 3.00 bits per heavy atom. The minimum atomic E-state index is 0.490. The van der Waals surface area contributed by atoms with E-state index in [-0.39, 0.29) is 0 Å². The number of hydrogen-bond acceptors (Lipinski definition) is 6. The Morgan fingerprint density at radius 1 is 1.44 bits per heavy atom. The lowest BCUT2D eigenvalue weighted by Crippen LogP contribution is -1.83. The van der Waals surface area contributed by atoms with Crippen LogP contribution in [-0.4, -0.2) is 10.1 Å². The Hall–Kier alpha value is -1.66. The molecule has 0 bridgehead atoms. The van der Waals surface area contributed by atoms with Crippen molar-refractivity contribution in [2.75, 3.05) is 5.73 Å². The second-order valence-electron chi connectivity index (χ2n) is 3.78. The highest BCUT2D eigenvalue weighted by Gasteiger charge is 2.15. The second-order valence-corrected chi connectivity index (χ2v) is 5.73. The summed E-state index contributed by atoms with van der Waals surface area (Å²) >= 11 is 3.17. The summed E-state index contributed by atoms with van der Waals surface area (Å²) in [6, 6.07) is 3.98. The molecule has 0 atom stereocenters. The number of nitrogen functional groups attached to an aromatic ring is 1. The first-order chi connectivity index (χ1) is 8.78. The summed E-state index contributed by atoms with van der Waals surface area (Å²) in [4.78, 5) is 5.61. The standard InChI is InChI=1S/C12H11N3OS2/c1-2-8-5-9(10(13)18-8)12-14-11(15-16-12)7-3-4-17-6-7/h3-6H,2,13H2,1H3. The number of nitrogens with zero attached hydrogens (tertiary/aromatic N) is 2. The number of rotatable bonds is 3. The van der Waals surface area contributed by atoms with E-state index in [1.165, 1.54) is 4.88 Å². The molecule has 3 heterocycles. The summed E-state index contributed by atoms with van der Waals surface area (Å²) in [6.45, 7) is 2.10. The maximum Gasteiger partial charge on any atom is 0.261 e. The Morgan fingerprint density at radius 2 is 2.33 bits per heavy atom. The van der Waals surface area contributed by atoms with Crippen LogP contribution in [0.25, 0.3) is 22.8 Å². The van der Waals surface area contributed by atoms with Gasteiger partial charge in [0.1, 0.15) is 0 Å². The van der Waals surface area contributed by atoms with Crippen LogP contribution in [0.4, 0.5) is 5.00 Å². The van der Waals surface area contributed by atoms with Gasteiger partial charge in [0.15, 0.2) is 0 Å². The highest BCUT2D eigenvalue weighted by atomic mass is 32.1. The van der Waals surface area contributed by atoms with Gasteiger partial charge in [-0.2, -0.15) is 16.3 Å². The maximum absolute atomic E-state index is 5.97. The molecule has 3 aromatic heterocycles. The largest absolute Gasteiger partial charge is 0.390 e. The number of nitrogens with two attached hydrogens (primary N) is 1. The monoisotopic (exact) mass is 277 g/mol. The molecule has 0 aliphatic heterocycles. The number of thiophene rings is 2. The van der Waals surface area contributed by atoms with E-state index in [0.717, 1.165) is 22.5 Å². The molecule has 0 amide bonds. The summed E-state index contributed by atoms with van der Waals surface area (Å²) in [5, 5.41) is 8.68. The molecule has 0 aliphatic carbocycles. The van der Waals surface area contributed by atoms with Crippen LogP contribution < -0.4 is 5.73 Å². The zero-order chi connectivity index (χ0) is 12.5. The number of anilines is 1. The molecular weight excluding hydrogens is 266 g/mol. The normalized spacial score (nSPS) is 10.9. The zero-order valence-corrected chi connectivity index (χ0v) is 11.3. The maximum atomic E-state index is 5.97. The second kappa shape index (κ2) is 4.55. The third-order valence-corrected chi connectivity index (χ3v) is 4.39. The summed E-state index contributed by atoms with van der Waals surface area (Å²) in [5.74, 6) is 1.10. The molecule has 0 saturated carbocycles. The summed E-state index contributed by atoms with van der Waals surface area (Å²) in [7, 11) is 0. The first-order valence-corrected chi connectivity index (χ1v) is 7.28. The van der Waals surface area contributed by atoms with E-state index in [1.54, 1.807) is 22.7 Å². The van der Waals surface area contributed by atoms with E-state index >= 15 is 0 Å². The molecule has 4 nitrogen and oxygen atoms in total. The molecule has 0 radical (unpaired) electrons. The van der Waals surface area contributed by atoms with E-state index in [1.807, 2.05) is 22.9 Å². The van der Waals surface area contributed by atoms with E-state index < -0.39 is 0 Å². The van der Waals surface area contributed by atoms with Crippen molar-refractivity contribution in [2.45, 2.75) is 13.3 Å². The van der Waals surface area contributed by atoms with Gasteiger partial charge in [-0.15, -0.1) is 11.3 Å². The van der Waals surface area contributed by atoms with Gasteiger partial charge >= 0.3 is 0 Å². The van der Waals surface area contributed by atoms with Crippen LogP contribution in [0.2, 0.25) is 0 Å². The van der Waals surface area contributed by atoms with Gasteiger partial charge in [-0.1, -0.05) is 12.1 Å². The molecular formula is C12H11N3OS2. The topological polar surface area (TPSA) is 64.9 Å². The van der Waals surface area contributed by atoms with Crippen LogP contribution in [0.5, 0.6) is 0 Å². The molecule has 0 saturated heterocycles. The van der Waals surface area contributed by atoms with Crippen LogP contribution >= 0.6 is 22.7 Å². The molecule has 3 aromatic rings. The lowest BCUT2D eigenvalue weighted by atomic mass is 10.2. The lowest BCUT2D eigenvalue weighted by Gasteiger charge is -1.89. The predicted molar refractivity (Wildman–Crippen MR) is 74.7 cm³/mol. The van der Waals surface area contributed by atoms with Crippen molar-refractivity contribution < 1.29 is 4.52 Å². The summed E-state index contributed by atoms with van der Waals surface area (Å²) in [5.41, 5.74) is 7.78. The molecule has 0 aliphatic rings. The van der Waals surface area contributed by atoms with Gasteiger partial charge in [-0.3, -0.25) is 0 Å². The quantitative estimate of drug-likeness (QED) is 0.793. The summed E-state index contributed by atoms with van der Waals surface area (Å²) < 4.78 is 5.28. The highest BCUT2D eigenvalue weighted by molar-refractivity contribution is 7.16. The molecule has 6 heteroatoms. The van der Waals surface area contributed by atoms with Gasteiger partial charge in [0.05, 0.1) is 10.6 Å². The van der Waals surface area contributed by atoms with Crippen LogP contribution in [0.3, 0.4) is 0 Å². The van der Waals surface area contributed by atoms with Crippen LogP contribution in [-0.2, 0) is 6.42 Å². The Kier molecular flexibility index (Phi) is 2.89. The van der Waals surface area contributed by atoms with E-state index in [4.69, 9.17) is 10.3 Å². The van der Waals surface area contributed by atoms with Gasteiger partial charge in [0.2, 0.25) is 5.82 Å². The average Bonchev–Trinajstić information content (AvgIpc) is 3.08. The Balaban J connectivity index is 2.00. The fourth-order valence-corrected chi connectivity index (χ4v) is 3.14.